The number of rotatable bonds is 4. The highest BCUT2D eigenvalue weighted by atomic mass is 16.4. The first-order valence-electron chi connectivity index (χ1n) is 7.96. The molecule has 0 saturated heterocycles. The summed E-state index contributed by atoms with van der Waals surface area (Å²) in [4.78, 5) is 25.6. The third-order valence-corrected chi connectivity index (χ3v) is 5.07. The summed E-state index contributed by atoms with van der Waals surface area (Å²) in [6.07, 6.45) is 7.64. The van der Waals surface area contributed by atoms with E-state index in [1.807, 2.05) is 14.0 Å². The van der Waals surface area contributed by atoms with Gasteiger partial charge < -0.3 is 10.0 Å². The molecule has 0 aromatic carbocycles. The van der Waals surface area contributed by atoms with Crippen LogP contribution in [0.5, 0.6) is 0 Å². The fraction of sp³-hybridized carbons (Fsp3) is 0.875. The number of carbonyl (C=O) groups is 2. The van der Waals surface area contributed by atoms with Gasteiger partial charge in [0.1, 0.15) is 0 Å². The summed E-state index contributed by atoms with van der Waals surface area (Å²) in [6.45, 7) is 2.85. The van der Waals surface area contributed by atoms with E-state index in [0.29, 0.717) is 18.3 Å². The summed E-state index contributed by atoms with van der Waals surface area (Å²) in [6, 6.07) is 0. The van der Waals surface area contributed by atoms with Crippen LogP contribution in [0.15, 0.2) is 0 Å². The van der Waals surface area contributed by atoms with E-state index in [9.17, 15) is 14.7 Å². The smallest absolute Gasteiger partial charge is 0.307 e. The van der Waals surface area contributed by atoms with Crippen molar-refractivity contribution in [3.05, 3.63) is 0 Å². The van der Waals surface area contributed by atoms with Crippen LogP contribution < -0.4 is 0 Å². The van der Waals surface area contributed by atoms with E-state index >= 15 is 0 Å². The van der Waals surface area contributed by atoms with Crippen molar-refractivity contribution in [2.75, 3.05) is 13.6 Å². The zero-order chi connectivity index (χ0) is 14.7. The van der Waals surface area contributed by atoms with Crippen LogP contribution in [0.4, 0.5) is 0 Å². The highest BCUT2D eigenvalue weighted by Crippen LogP contribution is 2.37. The SMILES string of the molecule is CC1CC(C(=O)O)C(C(=O)N(C)CC2CCCCC2)C1. The Morgan fingerprint density at radius 3 is 2.30 bits per heavy atom. The third-order valence-electron chi connectivity index (χ3n) is 5.07. The number of carboxylic acids is 1. The molecule has 0 aromatic heterocycles. The third kappa shape index (κ3) is 3.53. The Morgan fingerprint density at radius 1 is 1.10 bits per heavy atom. The van der Waals surface area contributed by atoms with Crippen LogP contribution in [-0.2, 0) is 9.59 Å². The van der Waals surface area contributed by atoms with Crippen LogP contribution >= 0.6 is 0 Å². The molecule has 0 aliphatic heterocycles. The monoisotopic (exact) mass is 281 g/mol. The van der Waals surface area contributed by atoms with Gasteiger partial charge in [-0.2, -0.15) is 0 Å². The minimum Gasteiger partial charge on any atom is -0.481 e. The maximum Gasteiger partial charge on any atom is 0.307 e. The van der Waals surface area contributed by atoms with Crippen LogP contribution in [0.2, 0.25) is 0 Å². The van der Waals surface area contributed by atoms with E-state index < -0.39 is 11.9 Å². The number of carbonyl (C=O) groups excluding carboxylic acids is 1. The Hall–Kier alpha value is -1.06. The van der Waals surface area contributed by atoms with E-state index in [0.717, 1.165) is 13.0 Å². The van der Waals surface area contributed by atoms with E-state index in [1.165, 1.54) is 32.1 Å². The first-order chi connectivity index (χ1) is 9.49. The molecule has 1 N–H and O–H groups in total. The molecular weight excluding hydrogens is 254 g/mol. The van der Waals surface area contributed by atoms with Crippen LogP contribution in [0.25, 0.3) is 0 Å². The van der Waals surface area contributed by atoms with Gasteiger partial charge in [-0.3, -0.25) is 9.59 Å². The molecular formula is C16H27NO3. The predicted octanol–water partition coefficient (Wildman–Crippen LogP) is 2.77. The van der Waals surface area contributed by atoms with Gasteiger partial charge in [0.15, 0.2) is 0 Å². The molecule has 0 heterocycles. The lowest BCUT2D eigenvalue weighted by molar-refractivity contribution is -0.148. The van der Waals surface area contributed by atoms with Crippen molar-refractivity contribution in [1.29, 1.82) is 0 Å². The van der Waals surface area contributed by atoms with E-state index in [1.54, 1.807) is 4.90 Å². The molecule has 0 aromatic rings. The van der Waals surface area contributed by atoms with E-state index in [4.69, 9.17) is 0 Å². The maximum atomic E-state index is 12.5. The second-order valence-corrected chi connectivity index (χ2v) is 6.85. The van der Waals surface area contributed by atoms with Crippen molar-refractivity contribution >= 4 is 11.9 Å². The topological polar surface area (TPSA) is 57.6 Å². The molecule has 2 fully saturated rings. The molecule has 3 atom stereocenters. The van der Waals surface area contributed by atoms with Crippen molar-refractivity contribution in [3.8, 4) is 0 Å². The fourth-order valence-corrected chi connectivity index (χ4v) is 3.97. The largest absolute Gasteiger partial charge is 0.481 e. The summed E-state index contributed by atoms with van der Waals surface area (Å²) < 4.78 is 0. The first kappa shape index (κ1) is 15.3. The molecule has 1 amide bonds. The van der Waals surface area contributed by atoms with Crippen LogP contribution in [0.3, 0.4) is 0 Å². The minimum absolute atomic E-state index is 0.0484. The fourth-order valence-electron chi connectivity index (χ4n) is 3.97. The van der Waals surface area contributed by atoms with Gasteiger partial charge in [0, 0.05) is 13.6 Å². The van der Waals surface area contributed by atoms with E-state index in [-0.39, 0.29) is 11.8 Å². The van der Waals surface area contributed by atoms with Gasteiger partial charge in [-0.25, -0.2) is 0 Å². The Balaban J connectivity index is 1.93. The lowest BCUT2D eigenvalue weighted by Crippen LogP contribution is -2.39. The lowest BCUT2D eigenvalue weighted by atomic mass is 9.88. The molecule has 2 aliphatic carbocycles. The molecule has 0 bridgehead atoms. The molecule has 114 valence electrons. The summed E-state index contributed by atoms with van der Waals surface area (Å²) >= 11 is 0. The molecule has 4 nitrogen and oxygen atoms in total. The van der Waals surface area contributed by atoms with Gasteiger partial charge in [0.25, 0.3) is 0 Å². The van der Waals surface area contributed by atoms with Crippen molar-refractivity contribution in [2.24, 2.45) is 23.7 Å². The number of nitrogens with zero attached hydrogens (tertiary/aromatic N) is 1. The molecule has 4 heteroatoms. The van der Waals surface area contributed by atoms with Crippen molar-refractivity contribution < 1.29 is 14.7 Å². The Labute approximate surface area is 121 Å². The zero-order valence-corrected chi connectivity index (χ0v) is 12.7. The molecule has 20 heavy (non-hydrogen) atoms. The van der Waals surface area contributed by atoms with Gasteiger partial charge in [0.05, 0.1) is 11.8 Å². The molecule has 2 aliphatic rings. The van der Waals surface area contributed by atoms with Gasteiger partial charge in [-0.05, 0) is 37.5 Å². The number of aliphatic carboxylic acids is 1. The molecule has 3 unspecified atom stereocenters. The Bertz CT molecular complexity index is 363. The van der Waals surface area contributed by atoms with Gasteiger partial charge in [-0.15, -0.1) is 0 Å². The molecule has 0 spiro atoms. The molecule has 0 radical (unpaired) electrons. The standard InChI is InChI=1S/C16H27NO3/c1-11-8-13(14(9-11)16(19)20)15(18)17(2)10-12-6-4-3-5-7-12/h11-14H,3-10H2,1-2H3,(H,19,20). The summed E-state index contributed by atoms with van der Waals surface area (Å²) in [5.74, 6) is -0.596. The van der Waals surface area contributed by atoms with Gasteiger partial charge >= 0.3 is 5.97 Å². The minimum atomic E-state index is -0.807. The van der Waals surface area contributed by atoms with Gasteiger partial charge in [-0.1, -0.05) is 26.2 Å². The maximum absolute atomic E-state index is 12.5. The van der Waals surface area contributed by atoms with Crippen molar-refractivity contribution in [1.82, 2.24) is 4.90 Å². The number of amides is 1. The van der Waals surface area contributed by atoms with E-state index in [2.05, 4.69) is 0 Å². The highest BCUT2D eigenvalue weighted by Gasteiger charge is 2.42. The average molecular weight is 281 g/mol. The second kappa shape index (κ2) is 6.59. The lowest BCUT2D eigenvalue weighted by Gasteiger charge is -2.29. The van der Waals surface area contributed by atoms with Crippen LogP contribution in [-0.4, -0.2) is 35.5 Å². The molecule has 2 saturated carbocycles. The predicted molar refractivity (Wildman–Crippen MR) is 77.2 cm³/mol. The van der Waals surface area contributed by atoms with Crippen molar-refractivity contribution in [3.63, 3.8) is 0 Å². The second-order valence-electron chi connectivity index (χ2n) is 6.85. The summed E-state index contributed by atoms with van der Waals surface area (Å²) in [5.41, 5.74) is 0. The highest BCUT2D eigenvalue weighted by molar-refractivity contribution is 5.85. The average Bonchev–Trinajstić information content (AvgIpc) is 2.81. The normalized spacial score (nSPS) is 31.2. The number of hydrogen-bond acceptors (Lipinski definition) is 2. The van der Waals surface area contributed by atoms with Crippen LogP contribution in [0, 0.1) is 23.7 Å². The molecule has 2 rings (SSSR count). The van der Waals surface area contributed by atoms with Crippen molar-refractivity contribution in [2.45, 2.75) is 51.9 Å². The number of carboxylic acid groups (broad SMARTS) is 1. The first-order valence-corrected chi connectivity index (χ1v) is 7.96. The quantitative estimate of drug-likeness (QED) is 0.862. The number of hydrogen-bond donors (Lipinski definition) is 1. The van der Waals surface area contributed by atoms with Crippen LogP contribution in [0.1, 0.15) is 51.9 Å². The summed E-state index contributed by atoms with van der Waals surface area (Å²) in [7, 11) is 1.85. The summed E-state index contributed by atoms with van der Waals surface area (Å²) in [5, 5.41) is 9.28. The Kier molecular flexibility index (Phi) is 5.06. The zero-order valence-electron chi connectivity index (χ0n) is 12.7. The Morgan fingerprint density at radius 2 is 1.70 bits per heavy atom. The van der Waals surface area contributed by atoms with Gasteiger partial charge in [0.2, 0.25) is 5.91 Å².